The van der Waals surface area contributed by atoms with Crippen LogP contribution in [0.15, 0.2) is 12.7 Å². The molecule has 0 heterocycles. The fraction of sp³-hybridized carbons (Fsp3) is 0.818. The lowest BCUT2D eigenvalue weighted by Gasteiger charge is -2.12. The van der Waals surface area contributed by atoms with E-state index in [0.29, 0.717) is 5.92 Å². The first-order valence-electron chi connectivity index (χ1n) is 5.03. The molecule has 0 spiro atoms. The number of hydrogen-bond acceptors (Lipinski definition) is 1. The summed E-state index contributed by atoms with van der Waals surface area (Å²) in [4.78, 5) is 0. The Morgan fingerprint density at radius 3 is 2.75 bits per heavy atom. The highest BCUT2D eigenvalue weighted by molar-refractivity contribution is 4.81. The Morgan fingerprint density at radius 2 is 2.25 bits per heavy atom. The van der Waals surface area contributed by atoms with E-state index in [1.807, 2.05) is 6.08 Å². The van der Waals surface area contributed by atoms with Crippen molar-refractivity contribution in [2.24, 2.45) is 11.8 Å². The van der Waals surface area contributed by atoms with Crippen molar-refractivity contribution in [2.45, 2.75) is 45.1 Å². The van der Waals surface area contributed by atoms with E-state index in [9.17, 15) is 5.11 Å². The van der Waals surface area contributed by atoms with Gasteiger partial charge in [-0.25, -0.2) is 0 Å². The van der Waals surface area contributed by atoms with Crippen molar-refractivity contribution < 1.29 is 5.11 Å². The smallest absolute Gasteiger partial charge is 0.0571 e. The van der Waals surface area contributed by atoms with Crippen LogP contribution in [0, 0.1) is 11.8 Å². The molecular formula is C11H20O. The lowest BCUT2D eigenvalue weighted by molar-refractivity contribution is 0.126. The van der Waals surface area contributed by atoms with Crippen LogP contribution in [0.5, 0.6) is 0 Å². The summed E-state index contributed by atoms with van der Waals surface area (Å²) >= 11 is 0. The van der Waals surface area contributed by atoms with Gasteiger partial charge in [0.1, 0.15) is 0 Å². The lowest BCUT2D eigenvalue weighted by atomic mass is 9.98. The maximum absolute atomic E-state index is 9.63. The third-order valence-corrected chi connectivity index (χ3v) is 2.88. The van der Waals surface area contributed by atoms with Crippen molar-refractivity contribution in [2.75, 3.05) is 0 Å². The van der Waals surface area contributed by atoms with E-state index in [4.69, 9.17) is 0 Å². The van der Waals surface area contributed by atoms with E-state index in [2.05, 4.69) is 13.5 Å². The fourth-order valence-corrected chi connectivity index (χ4v) is 2.21. The normalized spacial score (nSPS) is 35.3. The molecular weight excluding hydrogens is 148 g/mol. The van der Waals surface area contributed by atoms with Crippen molar-refractivity contribution in [1.29, 1.82) is 0 Å². The number of unbranched alkanes of at least 4 members (excludes halogenated alkanes) is 1. The van der Waals surface area contributed by atoms with Gasteiger partial charge < -0.3 is 5.11 Å². The molecule has 0 aromatic heterocycles. The molecule has 1 N–H and O–H groups in total. The summed E-state index contributed by atoms with van der Waals surface area (Å²) in [5.74, 6) is 1.30. The quantitative estimate of drug-likeness (QED) is 0.505. The molecule has 1 rings (SSSR count). The van der Waals surface area contributed by atoms with E-state index in [-0.39, 0.29) is 6.10 Å². The van der Waals surface area contributed by atoms with Crippen LogP contribution in [0.2, 0.25) is 0 Å². The molecule has 1 aliphatic rings. The minimum Gasteiger partial charge on any atom is -0.393 e. The van der Waals surface area contributed by atoms with E-state index < -0.39 is 0 Å². The zero-order valence-electron chi connectivity index (χ0n) is 8.00. The first-order valence-corrected chi connectivity index (χ1v) is 5.03. The topological polar surface area (TPSA) is 20.2 Å². The van der Waals surface area contributed by atoms with Crippen LogP contribution in [-0.2, 0) is 0 Å². The molecule has 0 aromatic carbocycles. The molecule has 12 heavy (non-hydrogen) atoms. The van der Waals surface area contributed by atoms with Gasteiger partial charge >= 0.3 is 0 Å². The fourth-order valence-electron chi connectivity index (χ4n) is 2.21. The molecule has 70 valence electrons. The maximum atomic E-state index is 9.63. The van der Waals surface area contributed by atoms with Crippen LogP contribution in [-0.4, -0.2) is 11.2 Å². The molecule has 0 aliphatic heterocycles. The van der Waals surface area contributed by atoms with Crippen molar-refractivity contribution in [1.82, 2.24) is 0 Å². The average molecular weight is 168 g/mol. The number of rotatable bonds is 4. The van der Waals surface area contributed by atoms with E-state index >= 15 is 0 Å². The first-order chi connectivity index (χ1) is 5.74. The molecule has 0 unspecified atom stereocenters. The molecule has 0 aromatic rings. The van der Waals surface area contributed by atoms with Crippen molar-refractivity contribution in [3.8, 4) is 0 Å². The summed E-state index contributed by atoms with van der Waals surface area (Å²) in [6.07, 6.45) is 7.64. The Morgan fingerprint density at radius 1 is 1.50 bits per heavy atom. The third kappa shape index (κ3) is 2.63. The minimum atomic E-state index is -0.0233. The number of hydrogen-bond donors (Lipinski definition) is 1. The zero-order valence-corrected chi connectivity index (χ0v) is 8.00. The van der Waals surface area contributed by atoms with Crippen molar-refractivity contribution in [3.05, 3.63) is 12.7 Å². The van der Waals surface area contributed by atoms with Crippen LogP contribution >= 0.6 is 0 Å². The highest BCUT2D eigenvalue weighted by atomic mass is 16.3. The van der Waals surface area contributed by atoms with Gasteiger partial charge in [0.05, 0.1) is 6.10 Å². The maximum Gasteiger partial charge on any atom is 0.0571 e. The highest BCUT2D eigenvalue weighted by Gasteiger charge is 2.29. The molecule has 0 bridgehead atoms. The predicted molar refractivity (Wildman–Crippen MR) is 51.9 cm³/mol. The summed E-state index contributed by atoms with van der Waals surface area (Å²) in [6.45, 7) is 5.93. The summed E-state index contributed by atoms with van der Waals surface area (Å²) in [5, 5.41) is 9.63. The standard InChI is InChI=1S/C11H20O/c1-3-4-5-6-10-7-9(2)8-11(10)12/h3,9-12H,1,4-8H2,2H3/t9-,10-,11-/m1/s1. The second-order valence-electron chi connectivity index (χ2n) is 4.12. The SMILES string of the molecule is C=CCCC[C@@H]1C[C@@H](C)C[C@H]1O. The van der Waals surface area contributed by atoms with Gasteiger partial charge in [-0.1, -0.05) is 13.0 Å². The van der Waals surface area contributed by atoms with Gasteiger partial charge in [-0.05, 0) is 43.9 Å². The van der Waals surface area contributed by atoms with Gasteiger partial charge in [0.25, 0.3) is 0 Å². The van der Waals surface area contributed by atoms with Crippen molar-refractivity contribution >= 4 is 0 Å². The number of aliphatic hydroxyl groups excluding tert-OH is 1. The van der Waals surface area contributed by atoms with Gasteiger partial charge in [0.15, 0.2) is 0 Å². The summed E-state index contributed by atoms with van der Waals surface area (Å²) in [7, 11) is 0. The van der Waals surface area contributed by atoms with Gasteiger partial charge in [0.2, 0.25) is 0 Å². The molecule has 0 saturated heterocycles. The van der Waals surface area contributed by atoms with Crippen LogP contribution in [0.4, 0.5) is 0 Å². The Labute approximate surface area is 75.5 Å². The van der Waals surface area contributed by atoms with E-state index in [1.54, 1.807) is 0 Å². The van der Waals surface area contributed by atoms with Crippen LogP contribution in [0.3, 0.4) is 0 Å². The van der Waals surface area contributed by atoms with E-state index in [1.165, 1.54) is 19.3 Å². The predicted octanol–water partition coefficient (Wildman–Crippen LogP) is 2.75. The Kier molecular flexibility index (Phi) is 3.80. The largest absolute Gasteiger partial charge is 0.393 e. The lowest BCUT2D eigenvalue weighted by Crippen LogP contribution is -2.12. The highest BCUT2D eigenvalue weighted by Crippen LogP contribution is 2.33. The van der Waals surface area contributed by atoms with E-state index in [0.717, 1.165) is 18.8 Å². The Balaban J connectivity index is 2.19. The first kappa shape index (κ1) is 9.79. The van der Waals surface area contributed by atoms with Crippen LogP contribution in [0.1, 0.15) is 39.0 Å². The van der Waals surface area contributed by atoms with Crippen molar-refractivity contribution in [3.63, 3.8) is 0 Å². The molecule has 1 nitrogen and oxygen atoms in total. The molecule has 0 amide bonds. The van der Waals surface area contributed by atoms with Crippen LogP contribution < -0.4 is 0 Å². The Bertz CT molecular complexity index is 142. The molecule has 1 saturated carbocycles. The molecule has 1 aliphatic carbocycles. The molecule has 1 heteroatoms. The zero-order chi connectivity index (χ0) is 8.97. The third-order valence-electron chi connectivity index (χ3n) is 2.88. The number of aliphatic hydroxyl groups is 1. The Hall–Kier alpha value is -0.300. The van der Waals surface area contributed by atoms with Gasteiger partial charge in [0, 0.05) is 0 Å². The average Bonchev–Trinajstić information content (AvgIpc) is 2.31. The molecule has 1 fully saturated rings. The van der Waals surface area contributed by atoms with Gasteiger partial charge in [-0.15, -0.1) is 6.58 Å². The second kappa shape index (κ2) is 4.66. The van der Waals surface area contributed by atoms with Gasteiger partial charge in [-0.2, -0.15) is 0 Å². The van der Waals surface area contributed by atoms with Gasteiger partial charge in [-0.3, -0.25) is 0 Å². The molecule has 3 atom stereocenters. The molecule has 0 radical (unpaired) electrons. The number of allylic oxidation sites excluding steroid dienone is 1. The summed E-state index contributed by atoms with van der Waals surface area (Å²) in [6, 6.07) is 0. The second-order valence-corrected chi connectivity index (χ2v) is 4.12. The monoisotopic (exact) mass is 168 g/mol. The van der Waals surface area contributed by atoms with Crippen LogP contribution in [0.25, 0.3) is 0 Å². The summed E-state index contributed by atoms with van der Waals surface area (Å²) in [5.41, 5.74) is 0. The minimum absolute atomic E-state index is 0.0233. The summed E-state index contributed by atoms with van der Waals surface area (Å²) < 4.78 is 0.